The number of amides is 1. The van der Waals surface area contributed by atoms with E-state index in [0.717, 1.165) is 0 Å². The maximum Gasteiger partial charge on any atom is 0.322 e. The number of aliphatic carboxylic acids is 1. The van der Waals surface area contributed by atoms with Crippen LogP contribution in [0.1, 0.15) is 20.3 Å². The fourth-order valence-electron chi connectivity index (χ4n) is 1.74. The zero-order valence-corrected chi connectivity index (χ0v) is 9.14. The van der Waals surface area contributed by atoms with Crippen LogP contribution in [0.2, 0.25) is 0 Å². The molecule has 0 aliphatic carbocycles. The smallest absolute Gasteiger partial charge is 0.322 e. The summed E-state index contributed by atoms with van der Waals surface area (Å²) in [6.45, 7) is 4.89. The molecule has 0 saturated carbocycles. The summed E-state index contributed by atoms with van der Waals surface area (Å²) >= 11 is 0. The Morgan fingerprint density at radius 3 is 2.67 bits per heavy atom. The molecule has 5 heteroatoms. The quantitative estimate of drug-likeness (QED) is 0.684. The van der Waals surface area contributed by atoms with Crippen molar-refractivity contribution in [3.8, 4) is 0 Å². The second-order valence-electron chi connectivity index (χ2n) is 4.45. The van der Waals surface area contributed by atoms with Crippen molar-refractivity contribution in [3.05, 3.63) is 0 Å². The van der Waals surface area contributed by atoms with Crippen molar-refractivity contribution in [1.29, 1.82) is 0 Å². The van der Waals surface area contributed by atoms with E-state index in [-0.39, 0.29) is 12.5 Å². The molecule has 2 unspecified atom stereocenters. The average Bonchev–Trinajstić information content (AvgIpc) is 2.47. The van der Waals surface area contributed by atoms with Gasteiger partial charge in [0.1, 0.15) is 6.04 Å². The van der Waals surface area contributed by atoms with Gasteiger partial charge in [0.15, 0.2) is 0 Å². The predicted molar refractivity (Wildman–Crippen MR) is 55.1 cm³/mol. The first kappa shape index (κ1) is 12.0. The number of likely N-dealkylation sites (tertiary alicyclic amines) is 1. The number of carbonyl (C=O) groups is 2. The van der Waals surface area contributed by atoms with Gasteiger partial charge in [-0.3, -0.25) is 9.59 Å². The van der Waals surface area contributed by atoms with E-state index < -0.39 is 12.0 Å². The summed E-state index contributed by atoms with van der Waals surface area (Å²) in [5, 5.41) is 8.64. The van der Waals surface area contributed by atoms with Crippen LogP contribution in [0.25, 0.3) is 0 Å². The van der Waals surface area contributed by atoms with Crippen LogP contribution in [-0.2, 0) is 9.59 Å². The van der Waals surface area contributed by atoms with Crippen LogP contribution in [0.15, 0.2) is 0 Å². The van der Waals surface area contributed by atoms with Crippen LogP contribution in [0.3, 0.4) is 0 Å². The Labute approximate surface area is 89.2 Å². The first-order valence-electron chi connectivity index (χ1n) is 5.18. The van der Waals surface area contributed by atoms with Crippen LogP contribution in [0.5, 0.6) is 0 Å². The molecule has 1 saturated heterocycles. The Morgan fingerprint density at radius 1 is 1.67 bits per heavy atom. The highest BCUT2D eigenvalue weighted by Crippen LogP contribution is 2.24. The fraction of sp³-hybridized carbons (Fsp3) is 0.800. The van der Waals surface area contributed by atoms with E-state index in [9.17, 15) is 9.59 Å². The number of carbonyl (C=O) groups excluding carboxylic acids is 1. The molecule has 1 fully saturated rings. The molecule has 0 bridgehead atoms. The van der Waals surface area contributed by atoms with E-state index in [0.29, 0.717) is 24.8 Å². The standard InChI is InChI=1S/C10H18N2O3/c1-6(2)7-3-9(13)12(4-7)5-8(11)10(14)15/h6-8H,3-5,11H2,1-2H3,(H,14,15). The van der Waals surface area contributed by atoms with Crippen molar-refractivity contribution in [2.45, 2.75) is 26.3 Å². The van der Waals surface area contributed by atoms with Gasteiger partial charge in [-0.15, -0.1) is 0 Å². The molecular formula is C10H18N2O3. The van der Waals surface area contributed by atoms with Gasteiger partial charge in [0.05, 0.1) is 0 Å². The number of rotatable bonds is 4. The van der Waals surface area contributed by atoms with E-state index >= 15 is 0 Å². The highest BCUT2D eigenvalue weighted by atomic mass is 16.4. The molecule has 2 atom stereocenters. The van der Waals surface area contributed by atoms with Crippen LogP contribution in [0, 0.1) is 11.8 Å². The SMILES string of the molecule is CC(C)C1CC(=O)N(CC(N)C(=O)O)C1. The zero-order chi connectivity index (χ0) is 11.6. The molecule has 1 aliphatic rings. The fourth-order valence-corrected chi connectivity index (χ4v) is 1.74. The van der Waals surface area contributed by atoms with Crippen molar-refractivity contribution in [2.24, 2.45) is 17.6 Å². The molecule has 0 aromatic rings. The van der Waals surface area contributed by atoms with Gasteiger partial charge in [-0.05, 0) is 11.8 Å². The third-order valence-corrected chi connectivity index (χ3v) is 2.92. The number of hydrogen-bond acceptors (Lipinski definition) is 3. The molecule has 1 aliphatic heterocycles. The molecule has 3 N–H and O–H groups in total. The number of nitrogens with two attached hydrogens (primary N) is 1. The molecule has 1 amide bonds. The lowest BCUT2D eigenvalue weighted by atomic mass is 9.95. The largest absolute Gasteiger partial charge is 0.480 e. The third-order valence-electron chi connectivity index (χ3n) is 2.92. The maximum atomic E-state index is 11.5. The molecule has 86 valence electrons. The molecule has 0 radical (unpaired) electrons. The van der Waals surface area contributed by atoms with Crippen molar-refractivity contribution in [3.63, 3.8) is 0 Å². The Morgan fingerprint density at radius 2 is 2.27 bits per heavy atom. The van der Waals surface area contributed by atoms with Gasteiger partial charge in [-0.2, -0.15) is 0 Å². The summed E-state index contributed by atoms with van der Waals surface area (Å²) in [4.78, 5) is 23.6. The molecule has 5 nitrogen and oxygen atoms in total. The minimum atomic E-state index is -1.06. The first-order valence-corrected chi connectivity index (χ1v) is 5.18. The Kier molecular flexibility index (Phi) is 3.68. The molecule has 15 heavy (non-hydrogen) atoms. The van der Waals surface area contributed by atoms with Crippen LogP contribution >= 0.6 is 0 Å². The summed E-state index contributed by atoms with van der Waals surface area (Å²) < 4.78 is 0. The predicted octanol–water partition coefficient (Wildman–Crippen LogP) is -0.0972. The average molecular weight is 214 g/mol. The second kappa shape index (κ2) is 4.61. The number of carboxylic acids is 1. The van der Waals surface area contributed by atoms with Crippen LogP contribution in [-0.4, -0.2) is 41.0 Å². The summed E-state index contributed by atoms with van der Waals surface area (Å²) in [6, 6.07) is -0.972. The minimum absolute atomic E-state index is 0.0189. The second-order valence-corrected chi connectivity index (χ2v) is 4.45. The third kappa shape index (κ3) is 2.92. The number of nitrogens with zero attached hydrogens (tertiary/aromatic N) is 1. The summed E-state index contributed by atoms with van der Waals surface area (Å²) in [5.74, 6) is -0.264. The van der Waals surface area contributed by atoms with E-state index in [4.69, 9.17) is 10.8 Å². The lowest BCUT2D eigenvalue weighted by molar-refractivity contribution is -0.139. The highest BCUT2D eigenvalue weighted by molar-refractivity contribution is 5.80. The van der Waals surface area contributed by atoms with Crippen molar-refractivity contribution < 1.29 is 14.7 Å². The van der Waals surface area contributed by atoms with Crippen molar-refractivity contribution >= 4 is 11.9 Å². The molecule has 0 spiro atoms. The van der Waals surface area contributed by atoms with Crippen LogP contribution < -0.4 is 5.73 Å². The van der Waals surface area contributed by atoms with Gasteiger partial charge >= 0.3 is 5.97 Å². The van der Waals surface area contributed by atoms with Gasteiger partial charge in [0.2, 0.25) is 5.91 Å². The Balaban J connectivity index is 2.51. The normalized spacial score (nSPS) is 23.6. The van der Waals surface area contributed by atoms with Crippen molar-refractivity contribution in [1.82, 2.24) is 4.90 Å². The molecule has 0 aromatic carbocycles. The maximum absolute atomic E-state index is 11.5. The molecule has 1 rings (SSSR count). The lowest BCUT2D eigenvalue weighted by Crippen LogP contribution is -2.43. The zero-order valence-electron chi connectivity index (χ0n) is 9.14. The molecular weight excluding hydrogens is 196 g/mol. The monoisotopic (exact) mass is 214 g/mol. The van der Waals surface area contributed by atoms with Crippen molar-refractivity contribution in [2.75, 3.05) is 13.1 Å². The summed E-state index contributed by atoms with van der Waals surface area (Å²) in [6.07, 6.45) is 0.518. The summed E-state index contributed by atoms with van der Waals surface area (Å²) in [7, 11) is 0. The van der Waals surface area contributed by atoms with E-state index in [1.807, 2.05) is 0 Å². The Hall–Kier alpha value is -1.10. The van der Waals surface area contributed by atoms with E-state index in [1.165, 1.54) is 0 Å². The van der Waals surface area contributed by atoms with Gasteiger partial charge in [0, 0.05) is 19.5 Å². The highest BCUT2D eigenvalue weighted by Gasteiger charge is 2.32. The summed E-state index contributed by atoms with van der Waals surface area (Å²) in [5.41, 5.74) is 5.39. The molecule has 1 heterocycles. The van der Waals surface area contributed by atoms with Gasteiger partial charge in [-0.25, -0.2) is 0 Å². The van der Waals surface area contributed by atoms with E-state index in [2.05, 4.69) is 13.8 Å². The Bertz CT molecular complexity index is 265. The van der Waals surface area contributed by atoms with Gasteiger partial charge in [-0.1, -0.05) is 13.8 Å². The van der Waals surface area contributed by atoms with E-state index in [1.54, 1.807) is 4.90 Å². The van der Waals surface area contributed by atoms with Gasteiger partial charge in [0.25, 0.3) is 0 Å². The van der Waals surface area contributed by atoms with Crippen LogP contribution in [0.4, 0.5) is 0 Å². The number of hydrogen-bond donors (Lipinski definition) is 2. The number of carboxylic acid groups (broad SMARTS) is 1. The minimum Gasteiger partial charge on any atom is -0.480 e. The lowest BCUT2D eigenvalue weighted by Gasteiger charge is -2.19. The first-order chi connectivity index (χ1) is 6.91. The molecule has 0 aromatic heterocycles. The van der Waals surface area contributed by atoms with Gasteiger partial charge < -0.3 is 15.7 Å². The topological polar surface area (TPSA) is 83.6 Å².